The summed E-state index contributed by atoms with van der Waals surface area (Å²) in [6.07, 6.45) is 0. The molecule has 0 N–H and O–H groups in total. The molecule has 0 atom stereocenters. The normalized spacial score (nSPS) is 8.64. The molecule has 0 saturated heterocycles. The molecule has 0 nitrogen and oxygen atoms in total. The lowest BCUT2D eigenvalue weighted by molar-refractivity contribution is 1.35. The SMILES string of the molecule is C=C.ClC(Cl)c1ccccc1. The molecule has 0 fully saturated rings. The topological polar surface area (TPSA) is 0 Å². The zero-order valence-corrected chi connectivity index (χ0v) is 7.65. The van der Waals surface area contributed by atoms with Crippen molar-refractivity contribution in [1.29, 1.82) is 0 Å². The van der Waals surface area contributed by atoms with E-state index in [4.69, 9.17) is 23.2 Å². The molecule has 0 saturated carbocycles. The molecule has 0 spiro atoms. The van der Waals surface area contributed by atoms with Crippen LogP contribution >= 0.6 is 23.2 Å². The van der Waals surface area contributed by atoms with Gasteiger partial charge in [0, 0.05) is 0 Å². The second-order valence-corrected chi connectivity index (χ2v) is 2.81. The minimum atomic E-state index is -0.397. The van der Waals surface area contributed by atoms with Gasteiger partial charge in [0.1, 0.15) is 4.84 Å². The average Bonchev–Trinajstić information content (AvgIpc) is 2.10. The molecule has 1 aromatic carbocycles. The van der Waals surface area contributed by atoms with E-state index in [-0.39, 0.29) is 0 Å². The number of halogens is 2. The fraction of sp³-hybridized carbons (Fsp3) is 0.111. The van der Waals surface area contributed by atoms with Gasteiger partial charge in [-0.3, -0.25) is 0 Å². The van der Waals surface area contributed by atoms with Crippen molar-refractivity contribution in [2.45, 2.75) is 4.84 Å². The lowest BCUT2D eigenvalue weighted by atomic mass is 10.2. The Morgan fingerprint density at radius 1 is 1.00 bits per heavy atom. The van der Waals surface area contributed by atoms with E-state index in [2.05, 4.69) is 13.2 Å². The summed E-state index contributed by atoms with van der Waals surface area (Å²) in [6.45, 7) is 6.00. The molecule has 0 radical (unpaired) electrons. The van der Waals surface area contributed by atoms with Crippen LogP contribution in [-0.4, -0.2) is 0 Å². The molecule has 11 heavy (non-hydrogen) atoms. The number of alkyl halides is 2. The van der Waals surface area contributed by atoms with Crippen molar-refractivity contribution in [1.82, 2.24) is 0 Å². The van der Waals surface area contributed by atoms with Crippen LogP contribution in [0.2, 0.25) is 0 Å². The highest BCUT2D eigenvalue weighted by atomic mass is 35.5. The first-order chi connectivity index (χ1) is 5.30. The van der Waals surface area contributed by atoms with Crippen molar-refractivity contribution in [3.63, 3.8) is 0 Å². The fourth-order valence-corrected chi connectivity index (χ4v) is 0.889. The fourth-order valence-electron chi connectivity index (χ4n) is 0.599. The summed E-state index contributed by atoms with van der Waals surface area (Å²) in [4.78, 5) is -0.397. The Balaban J connectivity index is 0.000000461. The van der Waals surface area contributed by atoms with E-state index >= 15 is 0 Å². The van der Waals surface area contributed by atoms with E-state index < -0.39 is 4.84 Å². The first kappa shape index (κ1) is 10.5. The Morgan fingerprint density at radius 2 is 1.45 bits per heavy atom. The zero-order valence-electron chi connectivity index (χ0n) is 6.13. The third kappa shape index (κ3) is 4.07. The van der Waals surface area contributed by atoms with E-state index in [9.17, 15) is 0 Å². The summed E-state index contributed by atoms with van der Waals surface area (Å²) in [5, 5.41) is 0. The van der Waals surface area contributed by atoms with Gasteiger partial charge < -0.3 is 0 Å². The maximum atomic E-state index is 5.57. The first-order valence-electron chi connectivity index (χ1n) is 3.14. The minimum absolute atomic E-state index is 0.397. The Morgan fingerprint density at radius 3 is 1.73 bits per heavy atom. The predicted octanol–water partition coefficient (Wildman–Crippen LogP) is 3.97. The summed E-state index contributed by atoms with van der Waals surface area (Å²) in [5.74, 6) is 0. The van der Waals surface area contributed by atoms with Crippen LogP contribution in [0, 0.1) is 0 Å². The standard InChI is InChI=1S/C7H6Cl2.C2H4/c8-7(9)6-4-2-1-3-5-6;1-2/h1-5,7H;1-2H2. The van der Waals surface area contributed by atoms with Gasteiger partial charge in [0.15, 0.2) is 0 Å². The van der Waals surface area contributed by atoms with Gasteiger partial charge in [-0.25, -0.2) is 0 Å². The Hall–Kier alpha value is -0.460. The van der Waals surface area contributed by atoms with Crippen molar-refractivity contribution >= 4 is 23.2 Å². The lowest BCUT2D eigenvalue weighted by Crippen LogP contribution is -1.76. The van der Waals surface area contributed by atoms with Gasteiger partial charge in [0.25, 0.3) is 0 Å². The molecule has 0 bridgehead atoms. The molecule has 0 aliphatic carbocycles. The number of benzene rings is 1. The Kier molecular flexibility index (Phi) is 6.00. The summed E-state index contributed by atoms with van der Waals surface area (Å²) in [5.41, 5.74) is 0.945. The van der Waals surface area contributed by atoms with Crippen LogP contribution in [0.15, 0.2) is 43.5 Å². The van der Waals surface area contributed by atoms with Crippen LogP contribution in [0.4, 0.5) is 0 Å². The molecule has 60 valence electrons. The van der Waals surface area contributed by atoms with Gasteiger partial charge in [-0.05, 0) is 5.56 Å². The second kappa shape index (κ2) is 6.26. The zero-order chi connectivity index (χ0) is 8.69. The summed E-state index contributed by atoms with van der Waals surface area (Å²) >= 11 is 11.1. The van der Waals surface area contributed by atoms with Gasteiger partial charge in [-0.1, -0.05) is 30.3 Å². The number of hydrogen-bond acceptors (Lipinski definition) is 0. The highest BCUT2D eigenvalue weighted by Gasteiger charge is 1.98. The molecule has 2 heteroatoms. The van der Waals surface area contributed by atoms with Crippen molar-refractivity contribution < 1.29 is 0 Å². The van der Waals surface area contributed by atoms with Crippen molar-refractivity contribution in [3.05, 3.63) is 49.1 Å². The Labute approximate surface area is 77.4 Å². The third-order valence-electron chi connectivity index (χ3n) is 1.05. The monoisotopic (exact) mass is 188 g/mol. The van der Waals surface area contributed by atoms with Gasteiger partial charge >= 0.3 is 0 Å². The van der Waals surface area contributed by atoms with Crippen LogP contribution < -0.4 is 0 Å². The minimum Gasteiger partial charge on any atom is -0.106 e. The van der Waals surface area contributed by atoms with E-state index in [1.165, 1.54) is 0 Å². The molecule has 0 aliphatic heterocycles. The molecule has 0 heterocycles. The summed E-state index contributed by atoms with van der Waals surface area (Å²) < 4.78 is 0. The number of rotatable bonds is 1. The highest BCUT2D eigenvalue weighted by Crippen LogP contribution is 2.23. The second-order valence-electron chi connectivity index (χ2n) is 1.71. The van der Waals surface area contributed by atoms with Crippen LogP contribution in [0.5, 0.6) is 0 Å². The quantitative estimate of drug-likeness (QED) is 0.463. The van der Waals surface area contributed by atoms with Crippen molar-refractivity contribution in [3.8, 4) is 0 Å². The Bertz CT molecular complexity index is 182. The first-order valence-corrected chi connectivity index (χ1v) is 4.01. The summed E-state index contributed by atoms with van der Waals surface area (Å²) in [6, 6.07) is 9.54. The molecule has 1 aromatic rings. The van der Waals surface area contributed by atoms with E-state index in [1.807, 2.05) is 30.3 Å². The van der Waals surface area contributed by atoms with E-state index in [0.29, 0.717) is 0 Å². The molecule has 0 unspecified atom stereocenters. The van der Waals surface area contributed by atoms with E-state index in [1.54, 1.807) is 0 Å². The van der Waals surface area contributed by atoms with Gasteiger partial charge in [0.2, 0.25) is 0 Å². The molecular formula is C9H10Cl2. The van der Waals surface area contributed by atoms with Crippen molar-refractivity contribution in [2.24, 2.45) is 0 Å². The molecular weight excluding hydrogens is 179 g/mol. The number of hydrogen-bond donors (Lipinski definition) is 0. The highest BCUT2D eigenvalue weighted by molar-refractivity contribution is 6.44. The van der Waals surface area contributed by atoms with Crippen LogP contribution in [-0.2, 0) is 0 Å². The van der Waals surface area contributed by atoms with Gasteiger partial charge in [-0.15, -0.1) is 36.4 Å². The molecule has 0 aromatic heterocycles. The van der Waals surface area contributed by atoms with Crippen LogP contribution in [0.25, 0.3) is 0 Å². The van der Waals surface area contributed by atoms with Gasteiger partial charge in [-0.2, -0.15) is 0 Å². The maximum Gasteiger partial charge on any atom is 0.132 e. The average molecular weight is 189 g/mol. The molecule has 1 rings (SSSR count). The summed E-state index contributed by atoms with van der Waals surface area (Å²) in [7, 11) is 0. The molecule has 0 amide bonds. The van der Waals surface area contributed by atoms with E-state index in [0.717, 1.165) is 5.56 Å². The maximum absolute atomic E-state index is 5.57. The lowest BCUT2D eigenvalue weighted by Gasteiger charge is -1.97. The van der Waals surface area contributed by atoms with Crippen LogP contribution in [0.3, 0.4) is 0 Å². The smallest absolute Gasteiger partial charge is 0.106 e. The van der Waals surface area contributed by atoms with Gasteiger partial charge in [0.05, 0.1) is 0 Å². The van der Waals surface area contributed by atoms with Crippen molar-refractivity contribution in [2.75, 3.05) is 0 Å². The molecule has 0 aliphatic rings. The van der Waals surface area contributed by atoms with Crippen LogP contribution in [0.1, 0.15) is 10.4 Å². The largest absolute Gasteiger partial charge is 0.132 e. The predicted molar refractivity (Wildman–Crippen MR) is 52.1 cm³/mol. The third-order valence-corrected chi connectivity index (χ3v) is 1.56.